The van der Waals surface area contributed by atoms with Gasteiger partial charge in [-0.05, 0) is 130 Å². The summed E-state index contributed by atoms with van der Waals surface area (Å²) < 4.78 is 0. The van der Waals surface area contributed by atoms with Gasteiger partial charge in [0, 0.05) is 106 Å². The Hall–Kier alpha value is -9.14. The Bertz CT molecular complexity index is 3170. The lowest BCUT2D eigenvalue weighted by Gasteiger charge is -2.13. The fraction of sp³-hybridized carbons (Fsp3) is 0. The lowest BCUT2D eigenvalue weighted by molar-refractivity contribution is 1.26. The molecule has 310 valence electrons. The molecule has 0 spiro atoms. The van der Waals surface area contributed by atoms with E-state index in [1.807, 2.05) is 85.7 Å². The highest BCUT2D eigenvalue weighted by Crippen LogP contribution is 2.36. The van der Waals surface area contributed by atoms with Gasteiger partial charge < -0.3 is 0 Å². The summed E-state index contributed by atoms with van der Waals surface area (Å²) in [6.45, 7) is 0. The third-order valence-electron chi connectivity index (χ3n) is 11.7. The predicted molar refractivity (Wildman–Crippen MR) is 263 cm³/mol. The van der Waals surface area contributed by atoms with Gasteiger partial charge in [0.05, 0.1) is 34.2 Å². The Morgan fingerprint density at radius 1 is 0.197 bits per heavy atom. The van der Waals surface area contributed by atoms with Crippen LogP contribution in [0.1, 0.15) is 0 Å². The highest BCUT2D eigenvalue weighted by Gasteiger charge is 2.13. The minimum Gasteiger partial charge on any atom is -0.265 e. The van der Waals surface area contributed by atoms with Crippen LogP contribution in [0.25, 0.3) is 112 Å². The number of hydrogen-bond donors (Lipinski definition) is 0. The maximum Gasteiger partial charge on any atom is 0.0717 e. The smallest absolute Gasteiger partial charge is 0.0717 e. The molecule has 0 fully saturated rings. The van der Waals surface area contributed by atoms with Crippen LogP contribution in [0.5, 0.6) is 0 Å². The molecule has 0 amide bonds. The van der Waals surface area contributed by atoms with Crippen LogP contribution in [-0.2, 0) is 0 Å². The Balaban J connectivity index is 0.778. The molecule has 66 heavy (non-hydrogen) atoms. The molecule has 0 aliphatic carbocycles. The number of hydrogen-bond acceptors (Lipinski definition) is 8. The van der Waals surface area contributed by atoms with Crippen LogP contribution in [-0.4, -0.2) is 39.9 Å². The van der Waals surface area contributed by atoms with Crippen molar-refractivity contribution in [1.29, 1.82) is 0 Å². The number of aromatic nitrogens is 8. The standard InChI is InChI=1S/C58H38N8/c1-2-10-52(42-6-4-8-44(32-42)54-20-14-48(36-64-54)58-22-16-50(38-66-58)56-18-12-46(34-62-56)40-25-29-60-30-26-40)51(9-1)41-5-3-7-43(31-41)53-19-13-47(35-63-53)57-21-15-49(37-65-57)55-17-11-45(33-61-55)39-23-27-59-28-24-39/h1-38H. The van der Waals surface area contributed by atoms with Gasteiger partial charge in [0.2, 0.25) is 0 Å². The fourth-order valence-corrected chi connectivity index (χ4v) is 8.10. The van der Waals surface area contributed by atoms with Crippen molar-refractivity contribution in [2.45, 2.75) is 0 Å². The summed E-state index contributed by atoms with van der Waals surface area (Å²) in [5.74, 6) is 0. The van der Waals surface area contributed by atoms with E-state index in [4.69, 9.17) is 19.9 Å². The van der Waals surface area contributed by atoms with Gasteiger partial charge in [-0.15, -0.1) is 0 Å². The van der Waals surface area contributed by atoms with Crippen molar-refractivity contribution in [2.75, 3.05) is 0 Å². The van der Waals surface area contributed by atoms with E-state index in [0.717, 1.165) is 112 Å². The first-order valence-corrected chi connectivity index (χ1v) is 21.6. The molecule has 0 aliphatic rings. The van der Waals surface area contributed by atoms with Crippen molar-refractivity contribution in [2.24, 2.45) is 0 Å². The fourth-order valence-electron chi connectivity index (χ4n) is 8.10. The van der Waals surface area contributed by atoms with Gasteiger partial charge in [0.25, 0.3) is 0 Å². The summed E-state index contributed by atoms with van der Waals surface area (Å²) in [6, 6.07) is 58.2. The second kappa shape index (κ2) is 17.9. The molecule has 0 atom stereocenters. The highest BCUT2D eigenvalue weighted by molar-refractivity contribution is 5.87. The lowest BCUT2D eigenvalue weighted by Crippen LogP contribution is -1.91. The molecule has 8 nitrogen and oxygen atoms in total. The van der Waals surface area contributed by atoms with Gasteiger partial charge in [-0.1, -0.05) is 72.8 Å². The van der Waals surface area contributed by atoms with Crippen molar-refractivity contribution in [3.63, 3.8) is 0 Å². The Labute approximate surface area is 382 Å². The summed E-state index contributed by atoms with van der Waals surface area (Å²) in [5.41, 5.74) is 19.8. The van der Waals surface area contributed by atoms with Crippen molar-refractivity contribution in [3.8, 4) is 112 Å². The van der Waals surface area contributed by atoms with Crippen LogP contribution in [0.4, 0.5) is 0 Å². The topological polar surface area (TPSA) is 103 Å². The maximum atomic E-state index is 4.89. The largest absolute Gasteiger partial charge is 0.265 e. The Morgan fingerprint density at radius 2 is 0.485 bits per heavy atom. The van der Waals surface area contributed by atoms with E-state index in [-0.39, 0.29) is 0 Å². The molecule has 0 saturated heterocycles. The van der Waals surface area contributed by atoms with Gasteiger partial charge in [-0.3, -0.25) is 39.9 Å². The first-order valence-electron chi connectivity index (χ1n) is 21.6. The second-order valence-electron chi connectivity index (χ2n) is 15.8. The van der Waals surface area contributed by atoms with Gasteiger partial charge >= 0.3 is 0 Å². The number of nitrogens with zero attached hydrogens (tertiary/aromatic N) is 8. The van der Waals surface area contributed by atoms with Gasteiger partial charge in [0.15, 0.2) is 0 Å². The zero-order valence-corrected chi connectivity index (χ0v) is 35.5. The molecule has 0 unspecified atom stereocenters. The molecule has 0 bridgehead atoms. The molecule has 11 rings (SSSR count). The average Bonchev–Trinajstić information content (AvgIpc) is 3.42. The second-order valence-corrected chi connectivity index (χ2v) is 15.8. The van der Waals surface area contributed by atoms with E-state index in [9.17, 15) is 0 Å². The zero-order chi connectivity index (χ0) is 44.1. The van der Waals surface area contributed by atoms with Crippen LogP contribution >= 0.6 is 0 Å². The highest BCUT2D eigenvalue weighted by atomic mass is 14.7. The quantitative estimate of drug-likeness (QED) is 0.134. The first kappa shape index (κ1) is 39.7. The van der Waals surface area contributed by atoms with Crippen molar-refractivity contribution < 1.29 is 0 Å². The molecular formula is C58H38N8. The van der Waals surface area contributed by atoms with Gasteiger partial charge in [0.1, 0.15) is 0 Å². The third-order valence-corrected chi connectivity index (χ3v) is 11.7. The van der Waals surface area contributed by atoms with Crippen LogP contribution in [0.2, 0.25) is 0 Å². The third kappa shape index (κ3) is 8.37. The summed E-state index contributed by atoms with van der Waals surface area (Å²) in [7, 11) is 0. The summed E-state index contributed by atoms with van der Waals surface area (Å²) >= 11 is 0. The minimum atomic E-state index is 0.850. The first-order chi connectivity index (χ1) is 32.7. The minimum absolute atomic E-state index is 0.850. The van der Waals surface area contributed by atoms with Crippen LogP contribution in [0.3, 0.4) is 0 Å². The normalized spacial score (nSPS) is 11.0. The van der Waals surface area contributed by atoms with Crippen LogP contribution in [0.15, 0.2) is 232 Å². The molecule has 3 aromatic carbocycles. The molecule has 0 aliphatic heterocycles. The van der Waals surface area contributed by atoms with E-state index >= 15 is 0 Å². The van der Waals surface area contributed by atoms with E-state index in [0.29, 0.717) is 0 Å². The van der Waals surface area contributed by atoms with E-state index in [2.05, 4.69) is 141 Å². The molecule has 11 aromatic rings. The van der Waals surface area contributed by atoms with Gasteiger partial charge in [-0.2, -0.15) is 0 Å². The molecule has 8 heteroatoms. The predicted octanol–water partition coefficient (Wildman–Crippen LogP) is 13.5. The molecule has 0 N–H and O–H groups in total. The Kier molecular flexibility index (Phi) is 10.8. The monoisotopic (exact) mass is 846 g/mol. The molecule has 0 radical (unpaired) electrons. The van der Waals surface area contributed by atoms with Crippen molar-refractivity contribution >= 4 is 0 Å². The molecular weight excluding hydrogens is 809 g/mol. The number of benzene rings is 3. The Morgan fingerprint density at radius 3 is 0.788 bits per heavy atom. The summed E-state index contributed by atoms with van der Waals surface area (Å²) in [4.78, 5) is 36.9. The van der Waals surface area contributed by atoms with Crippen molar-refractivity contribution in [3.05, 3.63) is 232 Å². The SMILES string of the molecule is c1cc(-c2ccc(-c3ccc(-c4ccc(-c5ccncc5)cn4)cn3)cn2)cc(-c2ccccc2-c2cccc(-c3ccc(-c4ccc(-c5ccc(-c6ccncc6)cn5)cn4)cn3)c2)c1. The maximum absolute atomic E-state index is 4.89. The number of rotatable bonds is 10. The lowest BCUT2D eigenvalue weighted by atomic mass is 9.92. The van der Waals surface area contributed by atoms with Crippen molar-refractivity contribution in [1.82, 2.24) is 39.9 Å². The van der Waals surface area contributed by atoms with Gasteiger partial charge in [-0.25, -0.2) is 0 Å². The summed E-state index contributed by atoms with van der Waals surface area (Å²) in [6.07, 6.45) is 18.4. The van der Waals surface area contributed by atoms with Crippen LogP contribution in [0, 0.1) is 0 Å². The molecule has 0 saturated carbocycles. The molecule has 8 aromatic heterocycles. The van der Waals surface area contributed by atoms with E-state index < -0.39 is 0 Å². The van der Waals surface area contributed by atoms with E-state index in [1.54, 1.807) is 24.8 Å². The summed E-state index contributed by atoms with van der Waals surface area (Å²) in [5, 5.41) is 0. The molecule has 8 heterocycles. The van der Waals surface area contributed by atoms with Crippen LogP contribution < -0.4 is 0 Å². The number of pyridine rings is 8. The average molecular weight is 847 g/mol. The zero-order valence-electron chi connectivity index (χ0n) is 35.5. The van der Waals surface area contributed by atoms with E-state index in [1.165, 1.54) is 0 Å².